The summed E-state index contributed by atoms with van der Waals surface area (Å²) in [6.45, 7) is 7.01. The molecular formula is C16H24N2O. The first kappa shape index (κ1) is 12.9. The van der Waals surface area contributed by atoms with E-state index in [9.17, 15) is 0 Å². The van der Waals surface area contributed by atoms with E-state index in [1.807, 2.05) is 6.07 Å². The van der Waals surface area contributed by atoms with Gasteiger partial charge in [0.05, 0.1) is 12.8 Å². The zero-order chi connectivity index (χ0) is 12.9. The molecule has 1 aliphatic carbocycles. The molecule has 0 bridgehead atoms. The number of piperazine rings is 1. The van der Waals surface area contributed by atoms with Crippen LogP contribution in [0.3, 0.4) is 0 Å². The number of hydrogen-bond acceptors (Lipinski definition) is 3. The SMILES string of the molecule is C1=CC[C@H](CN2CCN(Cc3ccco3)CC2)CC1. The third-order valence-electron chi connectivity index (χ3n) is 4.32. The van der Waals surface area contributed by atoms with Crippen LogP contribution in [0.25, 0.3) is 0 Å². The van der Waals surface area contributed by atoms with E-state index in [0.717, 1.165) is 18.2 Å². The van der Waals surface area contributed by atoms with Crippen molar-refractivity contribution in [3.8, 4) is 0 Å². The fourth-order valence-corrected chi connectivity index (χ4v) is 3.14. The summed E-state index contributed by atoms with van der Waals surface area (Å²) in [5.74, 6) is 1.98. The number of hydrogen-bond donors (Lipinski definition) is 0. The second-order valence-electron chi connectivity index (χ2n) is 5.81. The van der Waals surface area contributed by atoms with Crippen molar-refractivity contribution in [2.75, 3.05) is 32.7 Å². The molecule has 0 aromatic carbocycles. The first-order valence-corrected chi connectivity index (χ1v) is 7.52. The molecule has 0 unspecified atom stereocenters. The highest BCUT2D eigenvalue weighted by Crippen LogP contribution is 2.20. The largest absolute Gasteiger partial charge is 0.468 e. The Bertz CT molecular complexity index is 391. The molecule has 1 aliphatic heterocycles. The number of furan rings is 1. The molecule has 1 aromatic rings. The molecule has 3 nitrogen and oxygen atoms in total. The normalized spacial score (nSPS) is 25.8. The third-order valence-corrected chi connectivity index (χ3v) is 4.32. The fourth-order valence-electron chi connectivity index (χ4n) is 3.14. The van der Waals surface area contributed by atoms with Gasteiger partial charge in [-0.15, -0.1) is 0 Å². The van der Waals surface area contributed by atoms with Crippen LogP contribution < -0.4 is 0 Å². The predicted molar refractivity (Wildman–Crippen MR) is 76.9 cm³/mol. The number of allylic oxidation sites excluding steroid dienone is 2. The van der Waals surface area contributed by atoms with Crippen molar-refractivity contribution in [3.05, 3.63) is 36.3 Å². The van der Waals surface area contributed by atoms with Gasteiger partial charge in [-0.05, 0) is 37.3 Å². The van der Waals surface area contributed by atoms with Gasteiger partial charge in [0.1, 0.15) is 5.76 Å². The molecule has 19 heavy (non-hydrogen) atoms. The van der Waals surface area contributed by atoms with E-state index < -0.39 is 0 Å². The number of nitrogens with zero attached hydrogens (tertiary/aromatic N) is 2. The molecule has 2 aliphatic rings. The van der Waals surface area contributed by atoms with Gasteiger partial charge in [0.2, 0.25) is 0 Å². The van der Waals surface area contributed by atoms with Crippen LogP contribution in [-0.4, -0.2) is 42.5 Å². The Hall–Kier alpha value is -1.06. The van der Waals surface area contributed by atoms with Crippen molar-refractivity contribution in [2.24, 2.45) is 5.92 Å². The minimum atomic E-state index is 0.890. The molecule has 0 radical (unpaired) electrons. The van der Waals surface area contributed by atoms with Gasteiger partial charge in [-0.3, -0.25) is 4.90 Å². The maximum atomic E-state index is 5.42. The van der Waals surface area contributed by atoms with E-state index in [-0.39, 0.29) is 0 Å². The lowest BCUT2D eigenvalue weighted by Gasteiger charge is -2.36. The highest BCUT2D eigenvalue weighted by molar-refractivity contribution is 4.98. The molecule has 3 rings (SSSR count). The molecule has 0 amide bonds. The molecule has 0 N–H and O–H groups in total. The van der Waals surface area contributed by atoms with Crippen LogP contribution in [0.15, 0.2) is 35.0 Å². The van der Waals surface area contributed by atoms with Crippen molar-refractivity contribution >= 4 is 0 Å². The van der Waals surface area contributed by atoms with Crippen LogP contribution in [0.1, 0.15) is 25.0 Å². The van der Waals surface area contributed by atoms with Crippen molar-refractivity contribution in [3.63, 3.8) is 0 Å². The van der Waals surface area contributed by atoms with Gasteiger partial charge in [-0.1, -0.05) is 12.2 Å². The van der Waals surface area contributed by atoms with E-state index in [2.05, 4.69) is 28.0 Å². The van der Waals surface area contributed by atoms with Crippen LogP contribution >= 0.6 is 0 Å². The van der Waals surface area contributed by atoms with E-state index in [1.165, 1.54) is 52.0 Å². The average Bonchev–Trinajstić information content (AvgIpc) is 2.95. The van der Waals surface area contributed by atoms with Gasteiger partial charge in [0.25, 0.3) is 0 Å². The van der Waals surface area contributed by atoms with Gasteiger partial charge in [-0.25, -0.2) is 0 Å². The molecule has 1 aromatic heterocycles. The lowest BCUT2D eigenvalue weighted by Crippen LogP contribution is -2.47. The summed E-state index contributed by atoms with van der Waals surface area (Å²) in [7, 11) is 0. The summed E-state index contributed by atoms with van der Waals surface area (Å²) >= 11 is 0. The molecular weight excluding hydrogens is 236 g/mol. The minimum absolute atomic E-state index is 0.890. The summed E-state index contributed by atoms with van der Waals surface area (Å²) in [6.07, 6.45) is 10.4. The zero-order valence-corrected chi connectivity index (χ0v) is 11.6. The summed E-state index contributed by atoms with van der Waals surface area (Å²) < 4.78 is 5.42. The van der Waals surface area contributed by atoms with E-state index >= 15 is 0 Å². The van der Waals surface area contributed by atoms with Crippen LogP contribution in [0, 0.1) is 5.92 Å². The highest BCUT2D eigenvalue weighted by Gasteiger charge is 2.20. The van der Waals surface area contributed by atoms with Gasteiger partial charge in [0, 0.05) is 32.7 Å². The predicted octanol–water partition coefficient (Wildman–Crippen LogP) is 2.75. The second kappa shape index (κ2) is 6.40. The maximum absolute atomic E-state index is 5.42. The molecule has 3 heteroatoms. The van der Waals surface area contributed by atoms with Gasteiger partial charge < -0.3 is 9.32 Å². The van der Waals surface area contributed by atoms with Crippen LogP contribution in [0.5, 0.6) is 0 Å². The van der Waals surface area contributed by atoms with Gasteiger partial charge in [0.15, 0.2) is 0 Å². The minimum Gasteiger partial charge on any atom is -0.468 e. The summed E-state index contributed by atoms with van der Waals surface area (Å²) in [4.78, 5) is 5.14. The summed E-state index contributed by atoms with van der Waals surface area (Å²) in [5.41, 5.74) is 0. The Morgan fingerprint density at radius 2 is 1.95 bits per heavy atom. The summed E-state index contributed by atoms with van der Waals surface area (Å²) in [6, 6.07) is 4.04. The van der Waals surface area contributed by atoms with Crippen LogP contribution in [0.2, 0.25) is 0 Å². The monoisotopic (exact) mass is 260 g/mol. The van der Waals surface area contributed by atoms with Gasteiger partial charge >= 0.3 is 0 Å². The molecule has 104 valence electrons. The Morgan fingerprint density at radius 1 is 1.11 bits per heavy atom. The second-order valence-corrected chi connectivity index (χ2v) is 5.81. The Kier molecular flexibility index (Phi) is 4.36. The topological polar surface area (TPSA) is 19.6 Å². The lowest BCUT2D eigenvalue weighted by atomic mass is 9.94. The first-order chi connectivity index (χ1) is 9.40. The molecule has 1 fully saturated rings. The Balaban J connectivity index is 1.40. The van der Waals surface area contributed by atoms with Crippen molar-refractivity contribution < 1.29 is 4.42 Å². The maximum Gasteiger partial charge on any atom is 0.117 e. The summed E-state index contributed by atoms with van der Waals surface area (Å²) in [5, 5.41) is 0. The Labute approximate surface area is 115 Å². The molecule has 1 saturated heterocycles. The quantitative estimate of drug-likeness (QED) is 0.776. The highest BCUT2D eigenvalue weighted by atomic mass is 16.3. The molecule has 1 atom stereocenters. The van der Waals surface area contributed by atoms with Crippen LogP contribution in [0.4, 0.5) is 0 Å². The lowest BCUT2D eigenvalue weighted by molar-refractivity contribution is 0.106. The molecule has 0 spiro atoms. The average molecular weight is 260 g/mol. The van der Waals surface area contributed by atoms with Crippen molar-refractivity contribution in [1.82, 2.24) is 9.80 Å². The number of rotatable bonds is 4. The van der Waals surface area contributed by atoms with Crippen molar-refractivity contribution in [2.45, 2.75) is 25.8 Å². The third kappa shape index (κ3) is 3.71. The van der Waals surface area contributed by atoms with Crippen LogP contribution in [-0.2, 0) is 6.54 Å². The zero-order valence-electron chi connectivity index (χ0n) is 11.6. The molecule has 2 heterocycles. The fraction of sp³-hybridized carbons (Fsp3) is 0.625. The van der Waals surface area contributed by atoms with Gasteiger partial charge in [-0.2, -0.15) is 0 Å². The molecule has 0 saturated carbocycles. The Morgan fingerprint density at radius 3 is 2.63 bits per heavy atom. The van der Waals surface area contributed by atoms with E-state index in [0.29, 0.717) is 0 Å². The van der Waals surface area contributed by atoms with E-state index in [4.69, 9.17) is 4.42 Å². The standard InChI is InChI=1S/C16H24N2O/c1-2-5-15(6-3-1)13-17-8-10-18(11-9-17)14-16-7-4-12-19-16/h1-2,4,7,12,15H,3,5-6,8-11,13-14H2/t15-/m0/s1. The van der Waals surface area contributed by atoms with E-state index in [1.54, 1.807) is 6.26 Å². The smallest absolute Gasteiger partial charge is 0.117 e. The first-order valence-electron chi connectivity index (χ1n) is 7.52. The van der Waals surface area contributed by atoms with Crippen molar-refractivity contribution in [1.29, 1.82) is 0 Å².